The van der Waals surface area contributed by atoms with Crippen LogP contribution in [0.15, 0.2) is 28.7 Å². The number of nitrogens with zero attached hydrogens (tertiary/aromatic N) is 1. The molecule has 0 aliphatic carbocycles. The van der Waals surface area contributed by atoms with Crippen molar-refractivity contribution in [3.63, 3.8) is 0 Å². The Morgan fingerprint density at radius 2 is 2.12 bits per heavy atom. The molecule has 0 saturated heterocycles. The van der Waals surface area contributed by atoms with Crippen LogP contribution in [0.25, 0.3) is 0 Å². The SMILES string of the molecule is CC(CN(C)Cc1ccccc1Br)C(=N)N. The maximum Gasteiger partial charge on any atom is 0.0947 e. The Kier molecular flexibility index (Phi) is 4.96. The Labute approximate surface area is 105 Å². The third-order valence-corrected chi connectivity index (χ3v) is 3.29. The van der Waals surface area contributed by atoms with Crippen LogP contribution in [0.1, 0.15) is 12.5 Å². The van der Waals surface area contributed by atoms with E-state index >= 15 is 0 Å². The maximum atomic E-state index is 7.36. The quantitative estimate of drug-likeness (QED) is 0.644. The molecule has 1 aromatic carbocycles. The van der Waals surface area contributed by atoms with Gasteiger partial charge in [0.15, 0.2) is 0 Å². The van der Waals surface area contributed by atoms with Crippen molar-refractivity contribution in [2.24, 2.45) is 11.7 Å². The average molecular weight is 284 g/mol. The lowest BCUT2D eigenvalue weighted by atomic mass is 10.1. The van der Waals surface area contributed by atoms with Gasteiger partial charge in [-0.3, -0.25) is 5.41 Å². The molecule has 0 heterocycles. The molecule has 88 valence electrons. The molecule has 0 spiro atoms. The number of benzene rings is 1. The largest absolute Gasteiger partial charge is 0.387 e. The van der Waals surface area contributed by atoms with Crippen LogP contribution >= 0.6 is 15.9 Å². The van der Waals surface area contributed by atoms with Crippen molar-refractivity contribution in [3.05, 3.63) is 34.3 Å². The molecule has 16 heavy (non-hydrogen) atoms. The molecule has 3 nitrogen and oxygen atoms in total. The highest BCUT2D eigenvalue weighted by molar-refractivity contribution is 9.10. The van der Waals surface area contributed by atoms with E-state index in [9.17, 15) is 0 Å². The summed E-state index contributed by atoms with van der Waals surface area (Å²) in [6.07, 6.45) is 0. The predicted octanol–water partition coefficient (Wildman–Crippen LogP) is 2.45. The molecule has 4 heteroatoms. The third kappa shape index (κ3) is 3.94. The predicted molar refractivity (Wildman–Crippen MR) is 71.6 cm³/mol. The fourth-order valence-electron chi connectivity index (χ4n) is 1.55. The Hall–Kier alpha value is -0.870. The van der Waals surface area contributed by atoms with E-state index in [0.29, 0.717) is 0 Å². The lowest BCUT2D eigenvalue weighted by Crippen LogP contribution is -2.31. The van der Waals surface area contributed by atoms with E-state index in [-0.39, 0.29) is 11.8 Å². The molecular formula is C12H18BrN3. The van der Waals surface area contributed by atoms with E-state index in [4.69, 9.17) is 11.1 Å². The van der Waals surface area contributed by atoms with E-state index in [1.54, 1.807) is 0 Å². The summed E-state index contributed by atoms with van der Waals surface area (Å²) >= 11 is 3.53. The lowest BCUT2D eigenvalue weighted by molar-refractivity contribution is 0.306. The molecule has 1 aromatic rings. The van der Waals surface area contributed by atoms with Crippen LogP contribution in [0.3, 0.4) is 0 Å². The minimum absolute atomic E-state index is 0.104. The zero-order valence-corrected chi connectivity index (χ0v) is 11.3. The summed E-state index contributed by atoms with van der Waals surface area (Å²) in [6, 6.07) is 8.17. The van der Waals surface area contributed by atoms with Gasteiger partial charge in [-0.25, -0.2) is 0 Å². The van der Waals surface area contributed by atoms with E-state index in [1.807, 2.05) is 32.2 Å². The third-order valence-electron chi connectivity index (χ3n) is 2.51. The van der Waals surface area contributed by atoms with Crippen molar-refractivity contribution in [1.82, 2.24) is 4.90 Å². The average Bonchev–Trinajstić information content (AvgIpc) is 2.21. The second-order valence-corrected chi connectivity index (χ2v) is 5.00. The molecule has 0 aliphatic rings. The molecule has 3 N–H and O–H groups in total. The van der Waals surface area contributed by atoms with Gasteiger partial charge < -0.3 is 10.6 Å². The summed E-state index contributed by atoms with van der Waals surface area (Å²) in [4.78, 5) is 2.17. The second kappa shape index (κ2) is 6.01. The summed E-state index contributed by atoms with van der Waals surface area (Å²) in [5, 5.41) is 7.36. The smallest absolute Gasteiger partial charge is 0.0947 e. The normalized spacial score (nSPS) is 12.8. The first-order valence-corrected chi connectivity index (χ1v) is 6.06. The number of halogens is 1. The molecule has 0 radical (unpaired) electrons. The molecule has 1 rings (SSSR count). The van der Waals surface area contributed by atoms with E-state index in [2.05, 4.69) is 26.9 Å². The van der Waals surface area contributed by atoms with Crippen LogP contribution in [-0.4, -0.2) is 24.3 Å². The van der Waals surface area contributed by atoms with Gasteiger partial charge in [0.05, 0.1) is 5.84 Å². The number of nitrogens with one attached hydrogen (secondary N) is 1. The van der Waals surface area contributed by atoms with Gasteiger partial charge in [-0.05, 0) is 18.7 Å². The fraction of sp³-hybridized carbons (Fsp3) is 0.417. The molecule has 1 unspecified atom stereocenters. The lowest BCUT2D eigenvalue weighted by Gasteiger charge is -2.21. The van der Waals surface area contributed by atoms with Crippen LogP contribution < -0.4 is 5.73 Å². The van der Waals surface area contributed by atoms with Crippen molar-refractivity contribution < 1.29 is 0 Å². The minimum atomic E-state index is 0.104. The summed E-state index contributed by atoms with van der Waals surface area (Å²) in [7, 11) is 2.04. The molecular weight excluding hydrogens is 266 g/mol. The maximum absolute atomic E-state index is 7.36. The van der Waals surface area contributed by atoms with Gasteiger partial charge in [0, 0.05) is 23.5 Å². The van der Waals surface area contributed by atoms with Crippen molar-refractivity contribution in [2.45, 2.75) is 13.5 Å². The van der Waals surface area contributed by atoms with Gasteiger partial charge in [-0.2, -0.15) is 0 Å². The number of rotatable bonds is 5. The van der Waals surface area contributed by atoms with Gasteiger partial charge in [-0.1, -0.05) is 41.1 Å². The monoisotopic (exact) mass is 283 g/mol. The highest BCUT2D eigenvalue weighted by Crippen LogP contribution is 2.17. The van der Waals surface area contributed by atoms with E-state index < -0.39 is 0 Å². The van der Waals surface area contributed by atoms with E-state index in [1.165, 1.54) is 5.56 Å². The first-order chi connectivity index (χ1) is 7.50. The molecule has 0 saturated carbocycles. The van der Waals surface area contributed by atoms with Crippen molar-refractivity contribution in [3.8, 4) is 0 Å². The highest BCUT2D eigenvalue weighted by Gasteiger charge is 2.10. The Balaban J connectivity index is 2.55. The van der Waals surface area contributed by atoms with Crippen LogP contribution in [0, 0.1) is 11.3 Å². The minimum Gasteiger partial charge on any atom is -0.387 e. The first kappa shape index (κ1) is 13.2. The summed E-state index contributed by atoms with van der Waals surface area (Å²) in [5.41, 5.74) is 6.71. The molecule has 1 atom stereocenters. The number of amidine groups is 1. The molecule has 0 fully saturated rings. The topological polar surface area (TPSA) is 53.1 Å². The first-order valence-electron chi connectivity index (χ1n) is 5.26. The van der Waals surface area contributed by atoms with Crippen LogP contribution in [0.2, 0.25) is 0 Å². The van der Waals surface area contributed by atoms with Crippen molar-refractivity contribution in [1.29, 1.82) is 5.41 Å². The van der Waals surface area contributed by atoms with Crippen LogP contribution in [0.5, 0.6) is 0 Å². The standard InChI is InChI=1S/C12H18BrN3/c1-9(12(14)15)7-16(2)8-10-5-3-4-6-11(10)13/h3-6,9H,7-8H2,1-2H3,(H3,14,15). The zero-order chi connectivity index (χ0) is 12.1. The Morgan fingerprint density at radius 3 is 2.69 bits per heavy atom. The van der Waals surface area contributed by atoms with Crippen molar-refractivity contribution >= 4 is 21.8 Å². The molecule has 0 aromatic heterocycles. The number of hydrogen-bond acceptors (Lipinski definition) is 2. The molecule has 0 bridgehead atoms. The summed E-state index contributed by atoms with van der Waals surface area (Å²) in [5.74, 6) is 0.353. The number of hydrogen-bond donors (Lipinski definition) is 2. The van der Waals surface area contributed by atoms with Crippen LogP contribution in [-0.2, 0) is 6.54 Å². The molecule has 0 aliphatic heterocycles. The fourth-order valence-corrected chi connectivity index (χ4v) is 1.96. The van der Waals surface area contributed by atoms with E-state index in [0.717, 1.165) is 17.6 Å². The van der Waals surface area contributed by atoms with Crippen LogP contribution in [0.4, 0.5) is 0 Å². The summed E-state index contributed by atoms with van der Waals surface area (Å²) < 4.78 is 1.12. The van der Waals surface area contributed by atoms with Gasteiger partial charge >= 0.3 is 0 Å². The Bertz CT molecular complexity index is 365. The van der Waals surface area contributed by atoms with Gasteiger partial charge in [0.2, 0.25) is 0 Å². The van der Waals surface area contributed by atoms with Gasteiger partial charge in [0.1, 0.15) is 0 Å². The highest BCUT2D eigenvalue weighted by atomic mass is 79.9. The second-order valence-electron chi connectivity index (χ2n) is 4.14. The number of nitrogens with two attached hydrogens (primary N) is 1. The summed E-state index contributed by atoms with van der Waals surface area (Å²) in [6.45, 7) is 3.63. The van der Waals surface area contributed by atoms with Crippen molar-refractivity contribution in [2.75, 3.05) is 13.6 Å². The van der Waals surface area contributed by atoms with Gasteiger partial charge in [-0.15, -0.1) is 0 Å². The van der Waals surface area contributed by atoms with Gasteiger partial charge in [0.25, 0.3) is 0 Å². The Morgan fingerprint density at radius 1 is 1.50 bits per heavy atom. The molecule has 0 amide bonds. The zero-order valence-electron chi connectivity index (χ0n) is 9.70.